The largest absolute Gasteiger partial charge is 0 e. The monoisotopic (exact) mass is 299 g/mol. The van der Waals surface area contributed by atoms with E-state index in [0.29, 0.717) is 0 Å². The van der Waals surface area contributed by atoms with E-state index in [9.17, 15) is 0 Å². The first kappa shape index (κ1) is 9.92. The molecule has 6 heteroatoms. The van der Waals surface area contributed by atoms with Crippen LogP contribution < -0.4 is 0 Å². The molecule has 0 amide bonds. The van der Waals surface area contributed by atoms with Gasteiger partial charge in [0.05, 0.1) is 0 Å². The molecule has 6 heavy (non-hydrogen) atoms. The van der Waals surface area contributed by atoms with Gasteiger partial charge >= 0.3 is 29.5 Å². The van der Waals surface area contributed by atoms with Gasteiger partial charge in [-0.05, 0) is 0 Å². The third-order valence-electron chi connectivity index (χ3n) is 0. The Kier molecular flexibility index (Phi) is 4.77. The van der Waals surface area contributed by atoms with E-state index in [1.807, 2.05) is 0 Å². The van der Waals surface area contributed by atoms with Crippen LogP contribution in [0.2, 0.25) is 0 Å². The Hall–Kier alpha value is 0.793. The van der Waals surface area contributed by atoms with E-state index < -0.39 is 13.6 Å². The Morgan fingerprint density at radius 3 is 1.17 bits per heavy atom. The van der Waals surface area contributed by atoms with Crippen LogP contribution in [0.1, 0.15) is 0 Å². The molecular weight excluding hydrogens is 297 g/mol. The summed E-state index contributed by atoms with van der Waals surface area (Å²) >= 11 is -5.25. The molecule has 0 aromatic heterocycles. The van der Waals surface area contributed by atoms with E-state index >= 15 is 0 Å². The van der Waals surface area contributed by atoms with E-state index in [0.717, 1.165) is 0 Å². The third-order valence-corrected chi connectivity index (χ3v) is 0. The van der Waals surface area contributed by atoms with Crippen LogP contribution in [0.3, 0.4) is 0 Å². The van der Waals surface area contributed by atoms with Crippen molar-refractivity contribution in [3.63, 3.8) is 0 Å². The van der Waals surface area contributed by atoms with Crippen molar-refractivity contribution in [3.8, 4) is 0 Å². The third kappa shape index (κ3) is 110. The molecule has 0 unspecified atom stereocenters. The minimum Gasteiger partial charge on any atom is 0 e. The molecule has 0 bridgehead atoms. The van der Waals surface area contributed by atoms with Crippen molar-refractivity contribution >= 4 is 0 Å². The van der Waals surface area contributed by atoms with Crippen LogP contribution in [-0.4, -0.2) is 8.32 Å². The Morgan fingerprint density at radius 2 is 1.17 bits per heavy atom. The smallest absolute Gasteiger partial charge is 0 e. The van der Waals surface area contributed by atoms with Gasteiger partial charge in [-0.1, -0.05) is 0 Å². The van der Waals surface area contributed by atoms with Crippen molar-refractivity contribution < 1.29 is 51.9 Å². The predicted octanol–water partition coefficient (Wildman–Crippen LogP) is -1.36. The molecule has 0 aliphatic rings. The van der Waals surface area contributed by atoms with Gasteiger partial charge in [-0.15, -0.1) is 0 Å². The molecule has 0 aliphatic carbocycles. The summed E-state index contributed by atoms with van der Waals surface area (Å²) in [5.41, 5.74) is 0. The first-order chi connectivity index (χ1) is 2.00. The van der Waals surface area contributed by atoms with E-state index in [1.165, 1.54) is 0 Å². The summed E-state index contributed by atoms with van der Waals surface area (Å²) in [6.45, 7) is 0. The summed E-state index contributed by atoms with van der Waals surface area (Å²) in [6.07, 6.45) is 0. The van der Waals surface area contributed by atoms with Crippen molar-refractivity contribution in [3.05, 3.63) is 0 Å². The van der Waals surface area contributed by atoms with Gasteiger partial charge in [0.2, 0.25) is 0 Å². The zero-order valence-electron chi connectivity index (χ0n) is 2.57. The molecule has 0 saturated heterocycles. The van der Waals surface area contributed by atoms with E-state index in [4.69, 9.17) is 15.9 Å². The van der Waals surface area contributed by atoms with Crippen molar-refractivity contribution in [2.75, 3.05) is 0 Å². The molecule has 0 saturated carbocycles. The standard InChI is InChI=1S/Cr.2H2O.2O.Ta/h;2*1H2;;;/q+2;;;;;/p-2. The van der Waals surface area contributed by atoms with Crippen molar-refractivity contribution in [1.29, 1.82) is 0 Å². The molecule has 2 N–H and O–H groups in total. The normalized spacial score (nSPS) is 9.67. The molecule has 37 valence electrons. The SMILES string of the molecule is [O]=[Cr](=[O])([OH])[OH].[Ta]. The fraction of sp³-hybridized carbons (Fsp3) is 0. The summed E-state index contributed by atoms with van der Waals surface area (Å²) in [5, 5.41) is 0. The summed E-state index contributed by atoms with van der Waals surface area (Å²) in [5.74, 6) is 0. The summed E-state index contributed by atoms with van der Waals surface area (Å²) in [4.78, 5) is 0. The van der Waals surface area contributed by atoms with Crippen LogP contribution in [0.15, 0.2) is 0 Å². The molecule has 0 spiro atoms. The van der Waals surface area contributed by atoms with Crippen molar-refractivity contribution in [2.24, 2.45) is 0 Å². The second kappa shape index (κ2) is 2.88. The fourth-order valence-electron chi connectivity index (χ4n) is 0. The minimum atomic E-state index is -5.25. The Labute approximate surface area is 52.1 Å². The van der Waals surface area contributed by atoms with Crippen molar-refractivity contribution in [2.45, 2.75) is 0 Å². The van der Waals surface area contributed by atoms with Crippen LogP contribution in [-0.2, 0) is 43.6 Å². The zero-order chi connectivity index (χ0) is 4.50. The molecule has 0 rings (SSSR count). The van der Waals surface area contributed by atoms with Crippen LogP contribution >= 0.6 is 0 Å². The second-order valence-electron chi connectivity index (χ2n) is 0.448. The fourth-order valence-corrected chi connectivity index (χ4v) is 0. The molecule has 0 heterocycles. The average Bonchev–Trinajstić information content (AvgIpc) is 0.722. The minimum absolute atomic E-state index is 0. The predicted molar refractivity (Wildman–Crippen MR) is 5.81 cm³/mol. The maximum atomic E-state index is 8.82. The molecule has 0 atom stereocenters. The van der Waals surface area contributed by atoms with Gasteiger partial charge in [0.1, 0.15) is 0 Å². The van der Waals surface area contributed by atoms with E-state index in [1.54, 1.807) is 0 Å². The molecule has 0 aromatic rings. The molecular formula is H2CrO4Ta. The molecule has 0 aromatic carbocycles. The van der Waals surface area contributed by atoms with Crippen LogP contribution in [0.25, 0.3) is 0 Å². The average molecular weight is 299 g/mol. The summed E-state index contributed by atoms with van der Waals surface area (Å²) in [7, 11) is 0. The maximum absolute atomic E-state index is 8.82. The number of rotatable bonds is 0. The van der Waals surface area contributed by atoms with Gasteiger partial charge < -0.3 is 0 Å². The summed E-state index contributed by atoms with van der Waals surface area (Å²) < 4.78 is 31.9. The first-order valence-corrected chi connectivity index (χ1v) is 2.88. The Bertz CT molecular complexity index is 90.7. The van der Waals surface area contributed by atoms with Gasteiger partial charge in [-0.25, -0.2) is 0 Å². The summed E-state index contributed by atoms with van der Waals surface area (Å²) in [6, 6.07) is 0. The molecule has 0 aliphatic heterocycles. The van der Waals surface area contributed by atoms with Crippen LogP contribution in [0.5, 0.6) is 0 Å². The topological polar surface area (TPSA) is 74.6 Å². The van der Waals surface area contributed by atoms with E-state index in [-0.39, 0.29) is 22.4 Å². The second-order valence-corrected chi connectivity index (χ2v) is 1.85. The van der Waals surface area contributed by atoms with Crippen LogP contribution in [0, 0.1) is 0 Å². The number of hydrogen-bond acceptors (Lipinski definition) is 2. The van der Waals surface area contributed by atoms with E-state index in [2.05, 4.69) is 0 Å². The van der Waals surface area contributed by atoms with Crippen LogP contribution in [0.4, 0.5) is 0 Å². The van der Waals surface area contributed by atoms with Gasteiger partial charge in [0.15, 0.2) is 0 Å². The first-order valence-electron chi connectivity index (χ1n) is 0.698. The van der Waals surface area contributed by atoms with Gasteiger partial charge in [-0.2, -0.15) is 0 Å². The zero-order valence-corrected chi connectivity index (χ0v) is 7.05. The molecule has 0 fully saturated rings. The van der Waals surface area contributed by atoms with Gasteiger partial charge in [-0.3, -0.25) is 0 Å². The molecule has 1 radical (unpaired) electrons. The van der Waals surface area contributed by atoms with Gasteiger partial charge in [0, 0.05) is 22.4 Å². The quantitative estimate of drug-likeness (QED) is 0.579. The van der Waals surface area contributed by atoms with Crippen molar-refractivity contribution in [1.82, 2.24) is 0 Å². The Morgan fingerprint density at radius 1 is 1.17 bits per heavy atom. The molecule has 4 nitrogen and oxygen atoms in total. The number of hydrogen-bond donors (Lipinski definition) is 2. The maximum Gasteiger partial charge on any atom is 0 e. The Balaban J connectivity index is 0. The van der Waals surface area contributed by atoms with Gasteiger partial charge in [0.25, 0.3) is 0 Å².